The van der Waals surface area contributed by atoms with Crippen molar-refractivity contribution < 1.29 is 0 Å². The predicted molar refractivity (Wildman–Crippen MR) is 95.7 cm³/mol. The van der Waals surface area contributed by atoms with Gasteiger partial charge < -0.3 is 5.32 Å². The smallest absolute Gasteiger partial charge is 0.0349 e. The van der Waals surface area contributed by atoms with Crippen molar-refractivity contribution in [3.8, 4) is 0 Å². The van der Waals surface area contributed by atoms with Crippen LogP contribution >= 0.6 is 47.4 Å². The molecule has 0 radical (unpaired) electrons. The van der Waals surface area contributed by atoms with E-state index < -0.39 is 0 Å². The number of benzene rings is 1. The van der Waals surface area contributed by atoms with Gasteiger partial charge in [0.2, 0.25) is 0 Å². The molecule has 1 aromatic carbocycles. The molecule has 0 aliphatic carbocycles. The predicted octanol–water partition coefficient (Wildman–Crippen LogP) is 3.88. The molecule has 1 fully saturated rings. The average molecular weight is 417 g/mol. The largest absolute Gasteiger partial charge is 0.314 e. The molecule has 1 aliphatic heterocycles. The zero-order valence-electron chi connectivity index (χ0n) is 11.3. The Labute approximate surface area is 142 Å². The Morgan fingerprint density at radius 2 is 1.74 bits per heavy atom. The maximum absolute atomic E-state index is 3.43. The third-order valence-electron chi connectivity index (χ3n) is 3.41. The summed E-state index contributed by atoms with van der Waals surface area (Å²) < 4.78 is 1.32. The highest BCUT2D eigenvalue weighted by atomic mass is 127. The van der Waals surface area contributed by atoms with Crippen LogP contribution in [0.1, 0.15) is 31.4 Å². The summed E-state index contributed by atoms with van der Waals surface area (Å²) in [6.07, 6.45) is 2.52. The van der Waals surface area contributed by atoms with E-state index in [9.17, 15) is 0 Å². The molecule has 0 spiro atoms. The Kier molecular flexibility index (Phi) is 10.5. The second-order valence-electron chi connectivity index (χ2n) is 4.64. The topological polar surface area (TPSA) is 15.3 Å². The molecular formula is C14H23Cl2IN2. The summed E-state index contributed by atoms with van der Waals surface area (Å²) in [4.78, 5) is 2.63. The highest BCUT2D eigenvalue weighted by Gasteiger charge is 2.20. The first-order valence-electron chi connectivity index (χ1n) is 6.51. The third kappa shape index (κ3) is 5.76. The molecule has 110 valence electrons. The normalized spacial score (nSPS) is 17.2. The van der Waals surface area contributed by atoms with Crippen molar-refractivity contribution in [1.29, 1.82) is 0 Å². The molecule has 0 saturated carbocycles. The van der Waals surface area contributed by atoms with Gasteiger partial charge in [-0.2, -0.15) is 0 Å². The number of nitrogens with one attached hydrogen (secondary N) is 1. The maximum atomic E-state index is 3.43. The SMILES string of the molecule is CCC[C@H](c1ccc(I)cc1)N1CCNCC1.Cl.Cl. The minimum Gasteiger partial charge on any atom is -0.314 e. The van der Waals surface area contributed by atoms with E-state index in [1.54, 1.807) is 0 Å². The lowest BCUT2D eigenvalue weighted by Crippen LogP contribution is -2.45. The molecule has 2 nitrogen and oxygen atoms in total. The number of halogens is 3. The van der Waals surface area contributed by atoms with Gasteiger partial charge in [0.1, 0.15) is 0 Å². The second-order valence-corrected chi connectivity index (χ2v) is 5.89. The first kappa shape index (κ1) is 19.4. The number of hydrogen-bond acceptors (Lipinski definition) is 2. The summed E-state index contributed by atoms with van der Waals surface area (Å²) >= 11 is 2.37. The number of hydrogen-bond donors (Lipinski definition) is 1. The van der Waals surface area contributed by atoms with Crippen LogP contribution in [0.5, 0.6) is 0 Å². The van der Waals surface area contributed by atoms with E-state index in [-0.39, 0.29) is 24.8 Å². The quantitative estimate of drug-likeness (QED) is 0.749. The first-order chi connectivity index (χ1) is 8.31. The van der Waals surface area contributed by atoms with Crippen LogP contribution in [0.15, 0.2) is 24.3 Å². The van der Waals surface area contributed by atoms with Crippen molar-refractivity contribution in [2.75, 3.05) is 26.2 Å². The summed E-state index contributed by atoms with van der Waals surface area (Å²) in [5.41, 5.74) is 1.48. The first-order valence-corrected chi connectivity index (χ1v) is 7.59. The lowest BCUT2D eigenvalue weighted by atomic mass is 10.00. The van der Waals surface area contributed by atoms with E-state index in [0.29, 0.717) is 6.04 Å². The summed E-state index contributed by atoms with van der Waals surface area (Å²) in [7, 11) is 0. The van der Waals surface area contributed by atoms with E-state index in [4.69, 9.17) is 0 Å². The Morgan fingerprint density at radius 3 is 2.26 bits per heavy atom. The van der Waals surface area contributed by atoms with Crippen LogP contribution in [0.3, 0.4) is 0 Å². The van der Waals surface area contributed by atoms with E-state index >= 15 is 0 Å². The molecular weight excluding hydrogens is 394 g/mol. The molecule has 2 rings (SSSR count). The minimum atomic E-state index is 0. The van der Waals surface area contributed by atoms with Crippen LogP contribution in [0.2, 0.25) is 0 Å². The zero-order chi connectivity index (χ0) is 12.1. The highest BCUT2D eigenvalue weighted by molar-refractivity contribution is 14.1. The number of nitrogens with zero attached hydrogens (tertiary/aromatic N) is 1. The molecule has 1 heterocycles. The summed E-state index contributed by atoms with van der Waals surface area (Å²) in [5.74, 6) is 0. The Morgan fingerprint density at radius 1 is 1.16 bits per heavy atom. The summed E-state index contributed by atoms with van der Waals surface area (Å²) in [5, 5.41) is 3.43. The lowest BCUT2D eigenvalue weighted by molar-refractivity contribution is 0.164. The standard InChI is InChI=1S/C14H21IN2.2ClH/c1-2-3-14(17-10-8-16-9-11-17)12-4-6-13(15)7-5-12;;/h4-7,14,16H,2-3,8-11H2,1H3;2*1H/t14-;;/m1../s1. The lowest BCUT2D eigenvalue weighted by Gasteiger charge is -2.35. The molecule has 1 aromatic rings. The van der Waals surface area contributed by atoms with Crippen molar-refractivity contribution in [3.63, 3.8) is 0 Å². The molecule has 0 amide bonds. The van der Waals surface area contributed by atoms with Gasteiger partial charge in [-0.05, 0) is 46.7 Å². The minimum absolute atomic E-state index is 0. The molecule has 0 unspecified atom stereocenters. The maximum Gasteiger partial charge on any atom is 0.0349 e. The van der Waals surface area contributed by atoms with Crippen LogP contribution in [0, 0.1) is 3.57 Å². The van der Waals surface area contributed by atoms with Gasteiger partial charge in [0.15, 0.2) is 0 Å². The summed E-state index contributed by atoms with van der Waals surface area (Å²) in [6.45, 7) is 6.89. The van der Waals surface area contributed by atoms with E-state index in [1.165, 1.54) is 35.1 Å². The molecule has 0 bridgehead atoms. The number of rotatable bonds is 4. The monoisotopic (exact) mass is 416 g/mol. The van der Waals surface area contributed by atoms with Gasteiger partial charge in [0.25, 0.3) is 0 Å². The fourth-order valence-corrected chi connectivity index (χ4v) is 2.87. The molecule has 1 N–H and O–H groups in total. The van der Waals surface area contributed by atoms with Crippen LogP contribution in [0.25, 0.3) is 0 Å². The fourth-order valence-electron chi connectivity index (χ4n) is 2.51. The van der Waals surface area contributed by atoms with Crippen molar-refractivity contribution in [2.24, 2.45) is 0 Å². The average Bonchev–Trinajstić information content (AvgIpc) is 2.38. The molecule has 1 aliphatic rings. The van der Waals surface area contributed by atoms with Crippen LogP contribution in [-0.2, 0) is 0 Å². The Bertz CT molecular complexity index is 340. The van der Waals surface area contributed by atoms with E-state index in [2.05, 4.69) is 64.0 Å². The van der Waals surface area contributed by atoms with Gasteiger partial charge in [-0.3, -0.25) is 4.90 Å². The van der Waals surface area contributed by atoms with Crippen molar-refractivity contribution in [2.45, 2.75) is 25.8 Å². The van der Waals surface area contributed by atoms with Crippen LogP contribution in [0.4, 0.5) is 0 Å². The van der Waals surface area contributed by atoms with Crippen LogP contribution in [-0.4, -0.2) is 31.1 Å². The van der Waals surface area contributed by atoms with Crippen molar-refractivity contribution in [1.82, 2.24) is 10.2 Å². The molecule has 0 aromatic heterocycles. The van der Waals surface area contributed by atoms with E-state index in [0.717, 1.165) is 13.1 Å². The van der Waals surface area contributed by atoms with E-state index in [1.807, 2.05) is 0 Å². The highest BCUT2D eigenvalue weighted by Crippen LogP contribution is 2.26. The summed E-state index contributed by atoms with van der Waals surface area (Å²) in [6, 6.07) is 9.65. The second kappa shape index (κ2) is 10.2. The van der Waals surface area contributed by atoms with Gasteiger partial charge in [-0.15, -0.1) is 24.8 Å². The van der Waals surface area contributed by atoms with Crippen molar-refractivity contribution >= 4 is 47.4 Å². The van der Waals surface area contributed by atoms with Gasteiger partial charge in [0, 0.05) is 35.8 Å². The Hall–Kier alpha value is 0.450. The Balaban J connectivity index is 0.00000162. The van der Waals surface area contributed by atoms with Gasteiger partial charge in [-0.25, -0.2) is 0 Å². The third-order valence-corrected chi connectivity index (χ3v) is 4.13. The molecule has 1 saturated heterocycles. The van der Waals surface area contributed by atoms with Crippen molar-refractivity contribution in [3.05, 3.63) is 33.4 Å². The molecule has 1 atom stereocenters. The molecule has 5 heteroatoms. The van der Waals surface area contributed by atoms with Gasteiger partial charge in [0.05, 0.1) is 0 Å². The van der Waals surface area contributed by atoms with Gasteiger partial charge >= 0.3 is 0 Å². The van der Waals surface area contributed by atoms with Crippen LogP contribution < -0.4 is 5.32 Å². The fraction of sp³-hybridized carbons (Fsp3) is 0.571. The number of piperazine rings is 1. The zero-order valence-corrected chi connectivity index (χ0v) is 15.1. The molecule has 19 heavy (non-hydrogen) atoms. The van der Waals surface area contributed by atoms with Gasteiger partial charge in [-0.1, -0.05) is 25.5 Å².